The van der Waals surface area contributed by atoms with Crippen LogP contribution in [0.2, 0.25) is 5.02 Å². The molecule has 0 aliphatic heterocycles. The van der Waals surface area contributed by atoms with E-state index in [4.69, 9.17) is 16.7 Å². The number of carboxylic acid groups (broad SMARTS) is 1. The van der Waals surface area contributed by atoms with Gasteiger partial charge in [-0.25, -0.2) is 9.67 Å². The summed E-state index contributed by atoms with van der Waals surface area (Å²) in [6, 6.07) is 14.7. The maximum Gasteiger partial charge on any atom is 0.307 e. The zero-order valence-corrected chi connectivity index (χ0v) is 14.4. The van der Waals surface area contributed by atoms with Crippen LogP contribution in [-0.2, 0) is 18.3 Å². The quantitative estimate of drug-likeness (QED) is 0.773. The Morgan fingerprint density at radius 2 is 2.04 bits per heavy atom. The molecule has 0 radical (unpaired) electrons. The highest BCUT2D eigenvalue weighted by molar-refractivity contribution is 7.12. The van der Waals surface area contributed by atoms with E-state index in [1.807, 2.05) is 37.4 Å². The van der Waals surface area contributed by atoms with E-state index >= 15 is 0 Å². The van der Waals surface area contributed by atoms with Gasteiger partial charge in [0, 0.05) is 17.6 Å². The maximum atomic E-state index is 10.8. The molecule has 0 spiro atoms. The van der Waals surface area contributed by atoms with Crippen LogP contribution in [0.4, 0.5) is 5.69 Å². The van der Waals surface area contributed by atoms with E-state index in [2.05, 4.69) is 10.1 Å². The van der Waals surface area contributed by atoms with Crippen LogP contribution in [0.1, 0.15) is 5.56 Å². The molecule has 0 amide bonds. The number of hydrogen-bond donors (Lipinski definition) is 1. The number of nitrogens with zero attached hydrogens (tertiary/aromatic N) is 3. The van der Waals surface area contributed by atoms with Crippen LogP contribution < -0.4 is 4.80 Å². The third kappa shape index (κ3) is 3.90. The van der Waals surface area contributed by atoms with Gasteiger partial charge in [-0.3, -0.25) is 4.79 Å². The van der Waals surface area contributed by atoms with Crippen LogP contribution in [-0.4, -0.2) is 20.9 Å². The molecule has 5 nitrogen and oxygen atoms in total. The van der Waals surface area contributed by atoms with Gasteiger partial charge >= 0.3 is 5.97 Å². The summed E-state index contributed by atoms with van der Waals surface area (Å²) in [5.74, 6) is -0.861. The number of halogens is 1. The van der Waals surface area contributed by atoms with Crippen LogP contribution in [0.5, 0.6) is 0 Å². The summed E-state index contributed by atoms with van der Waals surface area (Å²) >= 11 is 7.37. The third-order valence-corrected chi connectivity index (χ3v) is 4.59. The highest BCUT2D eigenvalue weighted by Gasteiger charge is 2.06. The molecule has 0 aliphatic carbocycles. The van der Waals surface area contributed by atoms with Crippen molar-refractivity contribution in [2.45, 2.75) is 6.42 Å². The molecule has 2 aromatic carbocycles. The van der Waals surface area contributed by atoms with Crippen molar-refractivity contribution >= 4 is 34.6 Å². The van der Waals surface area contributed by atoms with Crippen molar-refractivity contribution in [3.05, 3.63) is 63.9 Å². The molecule has 0 saturated heterocycles. The molecule has 122 valence electrons. The molecular formula is C17H14ClN3O2S. The van der Waals surface area contributed by atoms with Crippen LogP contribution in [0, 0.1) is 0 Å². The SMILES string of the molecule is Cn1nc(-c2ccc(Cl)cc2)s/c1=N/c1cccc(CC(=O)O)c1. The van der Waals surface area contributed by atoms with E-state index in [1.54, 1.807) is 22.9 Å². The molecule has 3 aromatic rings. The summed E-state index contributed by atoms with van der Waals surface area (Å²) in [5.41, 5.74) is 2.39. The molecular weight excluding hydrogens is 346 g/mol. The van der Waals surface area contributed by atoms with Gasteiger partial charge in [-0.15, -0.1) is 0 Å². The Morgan fingerprint density at radius 1 is 1.29 bits per heavy atom. The first-order valence-electron chi connectivity index (χ1n) is 7.17. The summed E-state index contributed by atoms with van der Waals surface area (Å²) < 4.78 is 1.71. The Kier molecular flexibility index (Phi) is 4.78. The lowest BCUT2D eigenvalue weighted by molar-refractivity contribution is -0.136. The Morgan fingerprint density at radius 3 is 2.75 bits per heavy atom. The standard InChI is InChI=1S/C17H14ClN3O2S/c1-21-17(19-14-4-2-3-11(9-14)10-15(22)23)24-16(20-21)12-5-7-13(18)8-6-12/h2-9H,10H2,1H3,(H,22,23)/b19-17+. The van der Waals surface area contributed by atoms with Gasteiger partial charge in [0.05, 0.1) is 12.1 Å². The number of aryl methyl sites for hydroxylation is 1. The van der Waals surface area contributed by atoms with Crippen LogP contribution >= 0.6 is 22.9 Å². The normalized spacial score (nSPS) is 11.7. The molecule has 3 rings (SSSR count). The third-order valence-electron chi connectivity index (χ3n) is 3.29. The second-order valence-corrected chi connectivity index (χ2v) is 6.56. The molecule has 7 heteroatoms. The van der Waals surface area contributed by atoms with Crippen molar-refractivity contribution in [3.63, 3.8) is 0 Å². The van der Waals surface area contributed by atoms with E-state index in [0.29, 0.717) is 16.3 Å². The van der Waals surface area contributed by atoms with E-state index in [9.17, 15) is 4.79 Å². The minimum absolute atomic E-state index is 0.0196. The van der Waals surface area contributed by atoms with Crippen LogP contribution in [0.25, 0.3) is 10.6 Å². The van der Waals surface area contributed by atoms with Crippen molar-refractivity contribution in [1.29, 1.82) is 0 Å². The van der Waals surface area contributed by atoms with E-state index < -0.39 is 5.97 Å². The van der Waals surface area contributed by atoms with Gasteiger partial charge in [0.15, 0.2) is 0 Å². The highest BCUT2D eigenvalue weighted by atomic mass is 35.5. The molecule has 24 heavy (non-hydrogen) atoms. The smallest absolute Gasteiger partial charge is 0.307 e. The van der Waals surface area contributed by atoms with Crippen molar-refractivity contribution in [1.82, 2.24) is 9.78 Å². The fraction of sp³-hybridized carbons (Fsp3) is 0.118. The molecule has 1 aromatic heterocycles. The summed E-state index contributed by atoms with van der Waals surface area (Å²) in [4.78, 5) is 16.1. The predicted molar refractivity (Wildman–Crippen MR) is 94.5 cm³/mol. The predicted octanol–water partition coefficient (Wildman–Crippen LogP) is 3.66. The Labute approximate surface area is 147 Å². The molecule has 1 N–H and O–H groups in total. The lowest BCUT2D eigenvalue weighted by Crippen LogP contribution is -2.10. The number of carbonyl (C=O) groups is 1. The number of benzene rings is 2. The second kappa shape index (κ2) is 6.98. The number of carboxylic acids is 1. The van der Waals surface area contributed by atoms with E-state index in [-0.39, 0.29) is 6.42 Å². The molecule has 0 fully saturated rings. The van der Waals surface area contributed by atoms with Crippen LogP contribution in [0.3, 0.4) is 0 Å². The number of aliphatic carboxylic acids is 1. The van der Waals surface area contributed by atoms with Crippen molar-refractivity contribution in [3.8, 4) is 10.6 Å². The first kappa shape index (κ1) is 16.4. The maximum absolute atomic E-state index is 10.8. The van der Waals surface area contributed by atoms with Gasteiger partial charge in [0.1, 0.15) is 5.01 Å². The first-order chi connectivity index (χ1) is 11.5. The Bertz CT molecular complexity index is 945. The molecule has 0 aliphatic rings. The highest BCUT2D eigenvalue weighted by Crippen LogP contribution is 2.22. The Hall–Kier alpha value is -2.44. The van der Waals surface area contributed by atoms with E-state index in [1.165, 1.54) is 11.3 Å². The number of rotatable bonds is 4. The fourth-order valence-electron chi connectivity index (χ4n) is 2.18. The Balaban J connectivity index is 1.96. The summed E-state index contributed by atoms with van der Waals surface area (Å²) in [7, 11) is 1.83. The molecule has 0 unspecified atom stereocenters. The molecule has 1 heterocycles. The van der Waals surface area contributed by atoms with Crippen LogP contribution in [0.15, 0.2) is 53.5 Å². The van der Waals surface area contributed by atoms with Gasteiger partial charge < -0.3 is 5.11 Å². The first-order valence-corrected chi connectivity index (χ1v) is 8.36. The zero-order valence-electron chi connectivity index (χ0n) is 12.8. The lowest BCUT2D eigenvalue weighted by Gasteiger charge is -1.98. The average Bonchev–Trinajstić information content (AvgIpc) is 2.89. The monoisotopic (exact) mass is 359 g/mol. The minimum Gasteiger partial charge on any atom is -0.481 e. The van der Waals surface area contributed by atoms with Gasteiger partial charge in [-0.05, 0) is 29.8 Å². The van der Waals surface area contributed by atoms with Gasteiger partial charge in [-0.2, -0.15) is 5.10 Å². The lowest BCUT2D eigenvalue weighted by atomic mass is 10.1. The summed E-state index contributed by atoms with van der Waals surface area (Å²) in [5, 5.41) is 14.9. The molecule has 0 bridgehead atoms. The zero-order chi connectivity index (χ0) is 17.1. The molecule has 0 atom stereocenters. The van der Waals surface area contributed by atoms with Crippen molar-refractivity contribution in [2.75, 3.05) is 0 Å². The largest absolute Gasteiger partial charge is 0.481 e. The summed E-state index contributed by atoms with van der Waals surface area (Å²) in [6.07, 6.45) is -0.0196. The minimum atomic E-state index is -0.861. The average molecular weight is 360 g/mol. The van der Waals surface area contributed by atoms with Gasteiger partial charge in [-0.1, -0.05) is 47.2 Å². The fourth-order valence-corrected chi connectivity index (χ4v) is 3.22. The second-order valence-electron chi connectivity index (χ2n) is 5.17. The number of hydrogen-bond acceptors (Lipinski definition) is 4. The van der Waals surface area contributed by atoms with Gasteiger partial charge in [0.2, 0.25) is 4.80 Å². The topological polar surface area (TPSA) is 67.5 Å². The number of aromatic nitrogens is 2. The van der Waals surface area contributed by atoms with Crippen molar-refractivity contribution < 1.29 is 9.90 Å². The van der Waals surface area contributed by atoms with Gasteiger partial charge in [0.25, 0.3) is 0 Å². The molecule has 0 saturated carbocycles. The van der Waals surface area contributed by atoms with Crippen molar-refractivity contribution in [2.24, 2.45) is 12.0 Å². The van der Waals surface area contributed by atoms with E-state index in [0.717, 1.165) is 15.4 Å². The summed E-state index contributed by atoms with van der Waals surface area (Å²) in [6.45, 7) is 0.